The van der Waals surface area contributed by atoms with Gasteiger partial charge in [-0.05, 0) is 55.7 Å². The van der Waals surface area contributed by atoms with E-state index in [0.29, 0.717) is 16.6 Å². The maximum atomic E-state index is 12.9. The van der Waals surface area contributed by atoms with Crippen LogP contribution in [0.15, 0.2) is 48.5 Å². The highest BCUT2D eigenvalue weighted by atomic mass is 19.4. The van der Waals surface area contributed by atoms with E-state index in [1.165, 1.54) is 11.6 Å². The van der Waals surface area contributed by atoms with Gasteiger partial charge in [-0.3, -0.25) is 4.98 Å². The summed E-state index contributed by atoms with van der Waals surface area (Å²) in [6, 6.07) is 13.7. The molecule has 0 bridgehead atoms. The second-order valence-electron chi connectivity index (χ2n) is 6.47. The maximum absolute atomic E-state index is 12.9. The fraction of sp³-hybridized carbons (Fsp3) is 0.286. The van der Waals surface area contributed by atoms with Crippen LogP contribution in [0.5, 0.6) is 0 Å². The van der Waals surface area contributed by atoms with Gasteiger partial charge in [-0.25, -0.2) is 0 Å². The first-order valence-electron chi connectivity index (χ1n) is 8.71. The van der Waals surface area contributed by atoms with Gasteiger partial charge in [0, 0.05) is 22.5 Å². The Kier molecular flexibility index (Phi) is 5.16. The Bertz CT molecular complexity index is 900. The van der Waals surface area contributed by atoms with Crippen molar-refractivity contribution in [1.82, 2.24) is 4.98 Å². The van der Waals surface area contributed by atoms with E-state index in [1.807, 2.05) is 18.2 Å². The highest BCUT2D eigenvalue weighted by Gasteiger charge is 2.30. The number of nitrogens with one attached hydrogen (secondary N) is 1. The van der Waals surface area contributed by atoms with Crippen molar-refractivity contribution in [1.29, 1.82) is 0 Å². The molecule has 5 heteroatoms. The number of fused-ring (bicyclic) bond motifs is 1. The molecule has 1 N–H and O–H groups in total. The van der Waals surface area contributed by atoms with Crippen LogP contribution in [0.25, 0.3) is 10.9 Å². The zero-order valence-electron chi connectivity index (χ0n) is 14.8. The van der Waals surface area contributed by atoms with Crippen molar-refractivity contribution in [2.75, 3.05) is 5.32 Å². The molecule has 3 aromatic rings. The number of alkyl halides is 3. The molecule has 0 unspecified atom stereocenters. The minimum atomic E-state index is -4.37. The number of rotatable bonds is 5. The van der Waals surface area contributed by atoms with Gasteiger partial charge in [-0.15, -0.1) is 0 Å². The van der Waals surface area contributed by atoms with Crippen LogP contribution in [0, 0.1) is 6.92 Å². The topological polar surface area (TPSA) is 24.9 Å². The first kappa shape index (κ1) is 18.2. The van der Waals surface area contributed by atoms with Crippen LogP contribution >= 0.6 is 0 Å². The number of hydrogen-bond acceptors (Lipinski definition) is 2. The van der Waals surface area contributed by atoms with Gasteiger partial charge in [0.25, 0.3) is 0 Å². The van der Waals surface area contributed by atoms with Crippen molar-refractivity contribution in [3.63, 3.8) is 0 Å². The molecule has 0 aliphatic carbocycles. The molecule has 1 aromatic heterocycles. The highest BCUT2D eigenvalue weighted by molar-refractivity contribution is 5.93. The van der Waals surface area contributed by atoms with E-state index in [0.717, 1.165) is 42.8 Å². The SMILES string of the molecule is CCCCc1ccc(Nc2cc(C)nc3cc(C(F)(F)F)ccc23)cc1. The molecular formula is C21H21F3N2. The summed E-state index contributed by atoms with van der Waals surface area (Å²) in [7, 11) is 0. The quantitative estimate of drug-likeness (QED) is 0.552. The average Bonchev–Trinajstić information content (AvgIpc) is 2.59. The van der Waals surface area contributed by atoms with E-state index in [4.69, 9.17) is 0 Å². The number of aromatic nitrogens is 1. The number of hydrogen-bond donors (Lipinski definition) is 1. The minimum Gasteiger partial charge on any atom is -0.355 e. The molecule has 2 aromatic carbocycles. The number of anilines is 2. The average molecular weight is 358 g/mol. The Balaban J connectivity index is 1.92. The Hall–Kier alpha value is -2.56. The van der Waals surface area contributed by atoms with Gasteiger partial charge in [-0.2, -0.15) is 13.2 Å². The van der Waals surface area contributed by atoms with Gasteiger partial charge >= 0.3 is 6.18 Å². The fourth-order valence-electron chi connectivity index (χ4n) is 2.93. The Morgan fingerprint density at radius 3 is 2.38 bits per heavy atom. The molecule has 0 spiro atoms. The van der Waals surface area contributed by atoms with Gasteiger partial charge in [0.05, 0.1) is 11.1 Å². The van der Waals surface area contributed by atoms with E-state index in [9.17, 15) is 13.2 Å². The van der Waals surface area contributed by atoms with Crippen LogP contribution in [0.4, 0.5) is 24.5 Å². The molecule has 3 rings (SSSR count). The number of aryl methyl sites for hydroxylation is 2. The van der Waals surface area contributed by atoms with E-state index < -0.39 is 11.7 Å². The van der Waals surface area contributed by atoms with Crippen molar-refractivity contribution in [3.8, 4) is 0 Å². The zero-order chi connectivity index (χ0) is 18.7. The number of unbranched alkanes of at least 4 members (excludes halogenated alkanes) is 1. The van der Waals surface area contributed by atoms with Crippen LogP contribution < -0.4 is 5.32 Å². The maximum Gasteiger partial charge on any atom is 0.416 e. The lowest BCUT2D eigenvalue weighted by molar-refractivity contribution is -0.137. The smallest absolute Gasteiger partial charge is 0.355 e. The summed E-state index contributed by atoms with van der Waals surface area (Å²) >= 11 is 0. The minimum absolute atomic E-state index is 0.335. The standard InChI is InChI=1S/C21H21F3N2/c1-3-4-5-15-6-9-17(10-7-15)26-19-12-14(2)25-20-13-16(21(22,23)24)8-11-18(19)20/h6-13H,3-5H2,1-2H3,(H,25,26). The Morgan fingerprint density at radius 2 is 1.73 bits per heavy atom. The van der Waals surface area contributed by atoms with Crippen LogP contribution in [-0.4, -0.2) is 4.98 Å². The number of nitrogens with zero attached hydrogens (tertiary/aromatic N) is 1. The van der Waals surface area contributed by atoms with Gasteiger partial charge in [-0.1, -0.05) is 31.5 Å². The van der Waals surface area contributed by atoms with Crippen LogP contribution in [0.2, 0.25) is 0 Å². The summed E-state index contributed by atoms with van der Waals surface area (Å²) < 4.78 is 38.8. The molecular weight excluding hydrogens is 337 g/mol. The molecule has 0 radical (unpaired) electrons. The summed E-state index contributed by atoms with van der Waals surface area (Å²) in [5, 5.41) is 3.97. The third kappa shape index (κ3) is 4.15. The van der Waals surface area contributed by atoms with Crippen LogP contribution in [0.3, 0.4) is 0 Å². The first-order valence-corrected chi connectivity index (χ1v) is 8.71. The Labute approximate surface area is 151 Å². The third-order valence-electron chi connectivity index (χ3n) is 4.32. The van der Waals surface area contributed by atoms with E-state index in [1.54, 1.807) is 6.92 Å². The summed E-state index contributed by atoms with van der Waals surface area (Å²) in [5.41, 5.74) is 3.25. The lowest BCUT2D eigenvalue weighted by atomic mass is 10.1. The van der Waals surface area contributed by atoms with Crippen LogP contribution in [0.1, 0.15) is 36.6 Å². The molecule has 0 fully saturated rings. The van der Waals surface area contributed by atoms with Gasteiger partial charge in [0.15, 0.2) is 0 Å². The fourth-order valence-corrected chi connectivity index (χ4v) is 2.93. The van der Waals surface area contributed by atoms with Gasteiger partial charge in [0.2, 0.25) is 0 Å². The van der Waals surface area contributed by atoms with Gasteiger partial charge < -0.3 is 5.32 Å². The lowest BCUT2D eigenvalue weighted by Gasteiger charge is -2.13. The normalized spacial score (nSPS) is 11.7. The largest absolute Gasteiger partial charge is 0.416 e. The van der Waals surface area contributed by atoms with E-state index in [-0.39, 0.29) is 0 Å². The molecule has 0 aliphatic heterocycles. The lowest BCUT2D eigenvalue weighted by Crippen LogP contribution is -2.05. The van der Waals surface area contributed by atoms with E-state index >= 15 is 0 Å². The number of benzene rings is 2. The second kappa shape index (κ2) is 7.36. The van der Waals surface area contributed by atoms with Crippen molar-refractivity contribution in [2.24, 2.45) is 0 Å². The summed E-state index contributed by atoms with van der Waals surface area (Å²) in [6.07, 6.45) is -1.01. The molecule has 1 heterocycles. The monoisotopic (exact) mass is 358 g/mol. The summed E-state index contributed by atoms with van der Waals surface area (Å²) in [6.45, 7) is 3.94. The van der Waals surface area contributed by atoms with Crippen molar-refractivity contribution in [2.45, 2.75) is 39.3 Å². The van der Waals surface area contributed by atoms with Crippen LogP contribution in [-0.2, 0) is 12.6 Å². The van der Waals surface area contributed by atoms with Crippen molar-refractivity contribution in [3.05, 3.63) is 65.4 Å². The predicted molar refractivity (Wildman–Crippen MR) is 99.8 cm³/mol. The summed E-state index contributed by atoms with van der Waals surface area (Å²) in [5.74, 6) is 0. The Morgan fingerprint density at radius 1 is 1.00 bits per heavy atom. The summed E-state index contributed by atoms with van der Waals surface area (Å²) in [4.78, 5) is 4.26. The zero-order valence-corrected chi connectivity index (χ0v) is 14.8. The van der Waals surface area contributed by atoms with Gasteiger partial charge in [0.1, 0.15) is 0 Å². The first-order chi connectivity index (χ1) is 12.4. The highest BCUT2D eigenvalue weighted by Crippen LogP contribution is 2.33. The van der Waals surface area contributed by atoms with Crippen molar-refractivity contribution >= 4 is 22.3 Å². The molecule has 0 aliphatic rings. The van der Waals surface area contributed by atoms with Crippen molar-refractivity contribution < 1.29 is 13.2 Å². The second-order valence-corrected chi connectivity index (χ2v) is 6.47. The molecule has 2 nitrogen and oxygen atoms in total. The molecule has 136 valence electrons. The number of pyridine rings is 1. The van der Waals surface area contributed by atoms with E-state index in [2.05, 4.69) is 29.4 Å². The molecule has 0 amide bonds. The molecule has 0 saturated heterocycles. The molecule has 0 saturated carbocycles. The molecule has 26 heavy (non-hydrogen) atoms. The molecule has 0 atom stereocenters. The predicted octanol–water partition coefficient (Wildman–Crippen LogP) is 6.65. The third-order valence-corrected chi connectivity index (χ3v) is 4.32. The number of halogens is 3.